The van der Waals surface area contributed by atoms with E-state index in [4.69, 9.17) is 0 Å². The van der Waals surface area contributed by atoms with E-state index >= 15 is 0 Å². The molecule has 2 aromatic carbocycles. The summed E-state index contributed by atoms with van der Waals surface area (Å²) in [7, 11) is 0. The minimum atomic E-state index is -0.856. The molecule has 29 heavy (non-hydrogen) atoms. The predicted molar refractivity (Wildman–Crippen MR) is 117 cm³/mol. The molecule has 1 aromatic heterocycles. The highest BCUT2D eigenvalue weighted by molar-refractivity contribution is 5.91. The average Bonchev–Trinajstić information content (AvgIpc) is 2.97. The van der Waals surface area contributed by atoms with Gasteiger partial charge in [-0.1, -0.05) is 67.6 Å². The molecule has 0 aliphatic carbocycles. The largest absolute Gasteiger partial charge is 0.478 e. The van der Waals surface area contributed by atoms with Crippen LogP contribution in [0.15, 0.2) is 60.7 Å². The molecule has 0 amide bonds. The van der Waals surface area contributed by atoms with E-state index in [9.17, 15) is 9.90 Å². The van der Waals surface area contributed by atoms with Crippen molar-refractivity contribution in [2.24, 2.45) is 0 Å². The maximum Gasteiger partial charge on any atom is 0.337 e. The number of hydrogen-bond donors (Lipinski definition) is 2. The first-order chi connectivity index (χ1) is 14.0. The molecule has 0 aliphatic heterocycles. The topological polar surface area (TPSA) is 54.3 Å². The standard InChI is InChI=1S/C25H30N2O2/c1-4-22(15-20-11-7-5-8-12-20)26-16-23-18(2)27(19(3)24(23)25(28)29)17-21-13-9-6-10-14-21/h5-14,22,26H,4,15-17H2,1-3H3,(H,28,29)/t22-/m1/s1. The van der Waals surface area contributed by atoms with E-state index in [2.05, 4.69) is 53.2 Å². The van der Waals surface area contributed by atoms with Crippen LogP contribution in [-0.2, 0) is 19.5 Å². The highest BCUT2D eigenvalue weighted by Gasteiger charge is 2.23. The first-order valence-corrected chi connectivity index (χ1v) is 10.2. The minimum absolute atomic E-state index is 0.302. The van der Waals surface area contributed by atoms with Gasteiger partial charge in [-0.15, -0.1) is 0 Å². The van der Waals surface area contributed by atoms with Crippen molar-refractivity contribution in [2.75, 3.05) is 0 Å². The van der Waals surface area contributed by atoms with Gasteiger partial charge in [-0.25, -0.2) is 4.79 Å². The number of nitrogens with zero attached hydrogens (tertiary/aromatic N) is 1. The van der Waals surface area contributed by atoms with Crippen LogP contribution in [0.2, 0.25) is 0 Å². The van der Waals surface area contributed by atoms with Crippen LogP contribution >= 0.6 is 0 Å². The van der Waals surface area contributed by atoms with Gasteiger partial charge in [-0.2, -0.15) is 0 Å². The van der Waals surface area contributed by atoms with Gasteiger partial charge >= 0.3 is 5.97 Å². The Hall–Kier alpha value is -2.85. The van der Waals surface area contributed by atoms with Gasteiger partial charge < -0.3 is 15.0 Å². The normalized spacial score (nSPS) is 12.1. The van der Waals surface area contributed by atoms with E-state index in [0.717, 1.165) is 29.8 Å². The number of rotatable bonds is 9. The van der Waals surface area contributed by atoms with E-state index < -0.39 is 5.97 Å². The maximum absolute atomic E-state index is 12.0. The lowest BCUT2D eigenvalue weighted by molar-refractivity contribution is 0.0694. The van der Waals surface area contributed by atoms with Gasteiger partial charge in [0.1, 0.15) is 0 Å². The molecule has 0 unspecified atom stereocenters. The lowest BCUT2D eigenvalue weighted by atomic mass is 10.0. The van der Waals surface area contributed by atoms with Crippen molar-refractivity contribution in [1.82, 2.24) is 9.88 Å². The first kappa shape index (κ1) is 20.9. The number of aromatic nitrogens is 1. The Morgan fingerprint density at radius 3 is 2.10 bits per heavy atom. The van der Waals surface area contributed by atoms with Gasteiger partial charge in [0.2, 0.25) is 0 Å². The van der Waals surface area contributed by atoms with Gasteiger partial charge in [0.05, 0.1) is 5.56 Å². The molecule has 0 saturated carbocycles. The molecule has 0 spiro atoms. The Morgan fingerprint density at radius 2 is 1.55 bits per heavy atom. The zero-order valence-corrected chi connectivity index (χ0v) is 17.5. The molecule has 0 aliphatic rings. The lowest BCUT2D eigenvalue weighted by Gasteiger charge is -2.18. The number of aromatic carboxylic acids is 1. The van der Waals surface area contributed by atoms with Gasteiger partial charge in [-0.3, -0.25) is 0 Å². The summed E-state index contributed by atoms with van der Waals surface area (Å²) in [6.45, 7) is 7.33. The van der Waals surface area contributed by atoms with Crippen LogP contribution in [0.25, 0.3) is 0 Å². The van der Waals surface area contributed by atoms with Crippen LogP contribution in [0, 0.1) is 13.8 Å². The fourth-order valence-electron chi connectivity index (χ4n) is 3.96. The summed E-state index contributed by atoms with van der Waals surface area (Å²) < 4.78 is 2.12. The molecule has 3 aromatic rings. The minimum Gasteiger partial charge on any atom is -0.478 e. The Kier molecular flexibility index (Phi) is 6.89. The van der Waals surface area contributed by atoms with Gasteiger partial charge in [0.25, 0.3) is 0 Å². The lowest BCUT2D eigenvalue weighted by Crippen LogP contribution is -2.30. The van der Waals surface area contributed by atoms with Crippen LogP contribution in [0.3, 0.4) is 0 Å². The van der Waals surface area contributed by atoms with Crippen molar-refractivity contribution >= 4 is 5.97 Å². The number of nitrogens with one attached hydrogen (secondary N) is 1. The summed E-state index contributed by atoms with van der Waals surface area (Å²) in [5.41, 5.74) is 5.61. The van der Waals surface area contributed by atoms with E-state index in [-0.39, 0.29) is 0 Å². The van der Waals surface area contributed by atoms with Crippen molar-refractivity contribution in [3.63, 3.8) is 0 Å². The number of carbonyl (C=O) groups is 1. The third kappa shape index (κ3) is 4.96. The van der Waals surface area contributed by atoms with Crippen molar-refractivity contribution in [3.05, 3.63) is 94.3 Å². The Labute approximate surface area is 173 Å². The molecule has 152 valence electrons. The smallest absolute Gasteiger partial charge is 0.337 e. The molecule has 3 rings (SSSR count). The highest BCUT2D eigenvalue weighted by Crippen LogP contribution is 2.24. The van der Waals surface area contributed by atoms with E-state index in [1.807, 2.05) is 38.1 Å². The van der Waals surface area contributed by atoms with Gasteiger partial charge in [0.15, 0.2) is 0 Å². The maximum atomic E-state index is 12.0. The van der Waals surface area contributed by atoms with Crippen LogP contribution in [0.4, 0.5) is 0 Å². The molecule has 0 saturated heterocycles. The number of hydrogen-bond acceptors (Lipinski definition) is 2. The summed E-state index contributed by atoms with van der Waals surface area (Å²) in [6.07, 6.45) is 1.92. The van der Waals surface area contributed by atoms with Crippen molar-refractivity contribution in [2.45, 2.75) is 52.7 Å². The molecule has 4 heteroatoms. The third-order valence-corrected chi connectivity index (χ3v) is 5.69. The second-order valence-electron chi connectivity index (χ2n) is 7.58. The SMILES string of the molecule is CC[C@H](Cc1ccccc1)NCc1c(C(=O)O)c(C)n(Cc2ccccc2)c1C. The molecular weight excluding hydrogens is 360 g/mol. The fourth-order valence-corrected chi connectivity index (χ4v) is 3.96. The molecule has 4 nitrogen and oxygen atoms in total. The molecule has 0 fully saturated rings. The van der Waals surface area contributed by atoms with Crippen molar-refractivity contribution < 1.29 is 9.90 Å². The molecular formula is C25H30N2O2. The Morgan fingerprint density at radius 1 is 0.966 bits per heavy atom. The summed E-state index contributed by atoms with van der Waals surface area (Å²) in [5.74, 6) is -0.856. The summed E-state index contributed by atoms with van der Waals surface area (Å²) >= 11 is 0. The average molecular weight is 391 g/mol. The molecule has 0 bridgehead atoms. The highest BCUT2D eigenvalue weighted by atomic mass is 16.4. The Bertz CT molecular complexity index is 946. The fraction of sp³-hybridized carbons (Fsp3) is 0.320. The Balaban J connectivity index is 1.82. The predicted octanol–water partition coefficient (Wildman–Crippen LogP) is 4.96. The third-order valence-electron chi connectivity index (χ3n) is 5.69. The molecule has 1 heterocycles. The van der Waals surface area contributed by atoms with Gasteiger partial charge in [0, 0.05) is 36.1 Å². The monoisotopic (exact) mass is 390 g/mol. The summed E-state index contributed by atoms with van der Waals surface area (Å²) in [6, 6.07) is 20.9. The van der Waals surface area contributed by atoms with Crippen LogP contribution < -0.4 is 5.32 Å². The number of carboxylic acids is 1. The number of carboxylic acid groups (broad SMARTS) is 1. The summed E-state index contributed by atoms with van der Waals surface area (Å²) in [5, 5.41) is 13.5. The zero-order valence-electron chi connectivity index (χ0n) is 17.5. The van der Waals surface area contributed by atoms with Crippen LogP contribution in [0.5, 0.6) is 0 Å². The molecule has 1 atom stereocenters. The second-order valence-corrected chi connectivity index (χ2v) is 7.58. The van der Waals surface area contributed by atoms with Gasteiger partial charge in [-0.05, 0) is 37.8 Å². The van der Waals surface area contributed by atoms with E-state index in [1.165, 1.54) is 11.1 Å². The molecule has 0 radical (unpaired) electrons. The van der Waals surface area contributed by atoms with E-state index in [0.29, 0.717) is 24.7 Å². The van der Waals surface area contributed by atoms with Crippen molar-refractivity contribution in [3.8, 4) is 0 Å². The molecule has 2 N–H and O–H groups in total. The number of benzene rings is 2. The van der Waals surface area contributed by atoms with E-state index in [1.54, 1.807) is 0 Å². The second kappa shape index (κ2) is 9.57. The van der Waals surface area contributed by atoms with Crippen LogP contribution in [0.1, 0.15) is 51.8 Å². The summed E-state index contributed by atoms with van der Waals surface area (Å²) in [4.78, 5) is 12.0. The zero-order chi connectivity index (χ0) is 20.8. The van der Waals surface area contributed by atoms with Crippen LogP contribution in [-0.4, -0.2) is 21.7 Å². The first-order valence-electron chi connectivity index (χ1n) is 10.2. The quantitative estimate of drug-likeness (QED) is 0.543. The van der Waals surface area contributed by atoms with Crippen molar-refractivity contribution in [1.29, 1.82) is 0 Å².